The predicted octanol–water partition coefficient (Wildman–Crippen LogP) is 3.88. The van der Waals surface area contributed by atoms with Crippen molar-refractivity contribution in [3.63, 3.8) is 0 Å². The summed E-state index contributed by atoms with van der Waals surface area (Å²) >= 11 is 7.32. The van der Waals surface area contributed by atoms with Crippen LogP contribution in [0.5, 0.6) is 0 Å². The van der Waals surface area contributed by atoms with Gasteiger partial charge in [0, 0.05) is 12.6 Å². The van der Waals surface area contributed by atoms with Crippen LogP contribution in [0.2, 0.25) is 5.15 Å². The van der Waals surface area contributed by atoms with Crippen LogP contribution in [0.15, 0.2) is 30.3 Å². The Labute approximate surface area is 127 Å². The van der Waals surface area contributed by atoms with E-state index in [9.17, 15) is 5.26 Å². The van der Waals surface area contributed by atoms with Crippen LogP contribution in [0.25, 0.3) is 0 Å². The minimum Gasteiger partial charge on any atom is -0.358 e. The molecule has 102 valence electrons. The lowest BCUT2D eigenvalue weighted by atomic mass is 10.0. The Bertz CT molecular complexity index is 632. The molecular weight excluding hydrogens is 290 g/mol. The Morgan fingerprint density at radius 3 is 2.95 bits per heavy atom. The molecule has 0 saturated carbocycles. The second-order valence-electron chi connectivity index (χ2n) is 4.94. The lowest BCUT2D eigenvalue weighted by molar-refractivity contribution is 0.666. The van der Waals surface area contributed by atoms with E-state index in [2.05, 4.69) is 39.6 Å². The molecule has 3 nitrogen and oxygen atoms in total. The fourth-order valence-electron chi connectivity index (χ4n) is 2.75. The average molecular weight is 304 g/mol. The van der Waals surface area contributed by atoms with E-state index in [1.165, 1.54) is 17.1 Å². The zero-order valence-electron chi connectivity index (χ0n) is 10.9. The van der Waals surface area contributed by atoms with E-state index in [1.54, 1.807) is 0 Å². The zero-order chi connectivity index (χ0) is 13.9. The second kappa shape index (κ2) is 5.82. The molecule has 1 aliphatic heterocycles. The molecule has 0 aliphatic carbocycles. The number of halogens is 1. The van der Waals surface area contributed by atoms with Gasteiger partial charge < -0.3 is 4.90 Å². The summed E-state index contributed by atoms with van der Waals surface area (Å²) < 4.78 is 4.12. The van der Waals surface area contributed by atoms with Crippen LogP contribution >= 0.6 is 23.1 Å². The molecule has 0 bridgehead atoms. The highest BCUT2D eigenvalue weighted by Crippen LogP contribution is 2.36. The lowest BCUT2D eigenvalue weighted by Gasteiger charge is -2.25. The van der Waals surface area contributed by atoms with Gasteiger partial charge in [-0.3, -0.25) is 0 Å². The molecule has 2 aromatic rings. The molecule has 0 N–H and O–H groups in total. The van der Waals surface area contributed by atoms with Crippen LogP contribution in [0.1, 0.15) is 24.0 Å². The standard InChI is InChI=1S/C15H14ClN3S/c16-14-13(10-17)15(20-18-14)19-8-4-7-12(19)9-11-5-2-1-3-6-11/h1-3,5-6,12H,4,7-9H2. The van der Waals surface area contributed by atoms with Crippen LogP contribution in [0, 0.1) is 11.3 Å². The van der Waals surface area contributed by atoms with Gasteiger partial charge in [0.25, 0.3) is 0 Å². The molecule has 1 fully saturated rings. The highest BCUT2D eigenvalue weighted by atomic mass is 35.5. The van der Waals surface area contributed by atoms with Gasteiger partial charge in [-0.15, -0.1) is 0 Å². The summed E-state index contributed by atoms with van der Waals surface area (Å²) in [6.45, 7) is 0.977. The predicted molar refractivity (Wildman–Crippen MR) is 82.4 cm³/mol. The molecule has 1 aromatic carbocycles. The molecular formula is C15H14ClN3S. The van der Waals surface area contributed by atoms with E-state index in [0.29, 0.717) is 16.8 Å². The van der Waals surface area contributed by atoms with Gasteiger partial charge >= 0.3 is 0 Å². The number of nitrogens with zero attached hydrogens (tertiary/aromatic N) is 3. The first-order valence-electron chi connectivity index (χ1n) is 6.65. The fourth-order valence-corrected chi connectivity index (χ4v) is 3.88. The molecule has 0 spiro atoms. The lowest BCUT2D eigenvalue weighted by Crippen LogP contribution is -2.30. The van der Waals surface area contributed by atoms with Crippen molar-refractivity contribution in [2.24, 2.45) is 0 Å². The topological polar surface area (TPSA) is 39.9 Å². The van der Waals surface area contributed by atoms with Gasteiger partial charge in [-0.2, -0.15) is 9.64 Å². The van der Waals surface area contributed by atoms with Gasteiger partial charge in [-0.05, 0) is 36.4 Å². The molecule has 1 unspecified atom stereocenters. The van der Waals surface area contributed by atoms with E-state index >= 15 is 0 Å². The van der Waals surface area contributed by atoms with Crippen molar-refractivity contribution in [1.82, 2.24) is 4.37 Å². The number of hydrogen-bond acceptors (Lipinski definition) is 4. The van der Waals surface area contributed by atoms with Crippen molar-refractivity contribution in [2.45, 2.75) is 25.3 Å². The van der Waals surface area contributed by atoms with E-state index in [-0.39, 0.29) is 0 Å². The normalized spacial score (nSPS) is 18.2. The number of benzene rings is 1. The van der Waals surface area contributed by atoms with Gasteiger partial charge in [-0.25, -0.2) is 0 Å². The smallest absolute Gasteiger partial charge is 0.162 e. The maximum atomic E-state index is 9.23. The Morgan fingerprint density at radius 2 is 2.20 bits per heavy atom. The first-order chi connectivity index (χ1) is 9.79. The number of aromatic nitrogens is 1. The molecule has 5 heteroatoms. The molecule has 0 amide bonds. The summed E-state index contributed by atoms with van der Waals surface area (Å²) in [6, 6.07) is 13.1. The Hall–Kier alpha value is -1.57. The van der Waals surface area contributed by atoms with Crippen LogP contribution in [-0.4, -0.2) is 17.0 Å². The summed E-state index contributed by atoms with van der Waals surface area (Å²) in [7, 11) is 0. The van der Waals surface area contributed by atoms with Crippen molar-refractivity contribution in [3.8, 4) is 6.07 Å². The van der Waals surface area contributed by atoms with Gasteiger partial charge in [0.1, 0.15) is 16.6 Å². The number of rotatable bonds is 3. The molecule has 1 aromatic heterocycles. The monoisotopic (exact) mass is 303 g/mol. The average Bonchev–Trinajstić information content (AvgIpc) is 3.06. The molecule has 0 radical (unpaired) electrons. The van der Waals surface area contributed by atoms with Gasteiger partial charge in [0.15, 0.2) is 5.15 Å². The van der Waals surface area contributed by atoms with E-state index in [4.69, 9.17) is 11.6 Å². The van der Waals surface area contributed by atoms with E-state index in [1.807, 2.05) is 6.07 Å². The van der Waals surface area contributed by atoms with Crippen LogP contribution < -0.4 is 4.90 Å². The number of anilines is 1. The third-order valence-electron chi connectivity index (χ3n) is 3.70. The third-order valence-corrected chi connectivity index (χ3v) is 4.96. The fraction of sp³-hybridized carbons (Fsp3) is 0.333. The minimum absolute atomic E-state index is 0.331. The molecule has 1 atom stereocenters. The minimum atomic E-state index is 0.331. The maximum absolute atomic E-state index is 9.23. The van der Waals surface area contributed by atoms with Crippen molar-refractivity contribution in [3.05, 3.63) is 46.6 Å². The molecule has 2 heterocycles. The molecule has 1 aliphatic rings. The van der Waals surface area contributed by atoms with Crippen molar-refractivity contribution in [1.29, 1.82) is 5.26 Å². The Kier molecular flexibility index (Phi) is 3.90. The summed E-state index contributed by atoms with van der Waals surface area (Å²) in [5.41, 5.74) is 1.86. The van der Waals surface area contributed by atoms with Crippen molar-refractivity contribution >= 4 is 28.1 Å². The quantitative estimate of drug-likeness (QED) is 0.864. The van der Waals surface area contributed by atoms with Crippen molar-refractivity contribution < 1.29 is 0 Å². The number of hydrogen-bond donors (Lipinski definition) is 0. The Balaban J connectivity index is 1.84. The van der Waals surface area contributed by atoms with Crippen LogP contribution in [0.3, 0.4) is 0 Å². The first-order valence-corrected chi connectivity index (χ1v) is 7.80. The molecule has 1 saturated heterocycles. The van der Waals surface area contributed by atoms with E-state index < -0.39 is 0 Å². The van der Waals surface area contributed by atoms with Gasteiger partial charge in [0.05, 0.1) is 0 Å². The molecule has 3 rings (SSSR count). The highest BCUT2D eigenvalue weighted by molar-refractivity contribution is 7.10. The second-order valence-corrected chi connectivity index (χ2v) is 6.05. The Morgan fingerprint density at radius 1 is 1.40 bits per heavy atom. The largest absolute Gasteiger partial charge is 0.358 e. The third kappa shape index (κ3) is 2.52. The summed E-state index contributed by atoms with van der Waals surface area (Å²) in [6.07, 6.45) is 3.30. The van der Waals surface area contributed by atoms with Crippen LogP contribution in [0.4, 0.5) is 5.00 Å². The van der Waals surface area contributed by atoms with Gasteiger partial charge in [0.2, 0.25) is 0 Å². The number of nitriles is 1. The summed E-state index contributed by atoms with van der Waals surface area (Å²) in [5.74, 6) is 0. The maximum Gasteiger partial charge on any atom is 0.162 e. The zero-order valence-corrected chi connectivity index (χ0v) is 12.5. The molecule has 20 heavy (non-hydrogen) atoms. The first kappa shape index (κ1) is 13.4. The SMILES string of the molecule is N#Cc1c(Cl)nsc1N1CCCC1Cc1ccccc1. The van der Waals surface area contributed by atoms with Crippen molar-refractivity contribution in [2.75, 3.05) is 11.4 Å². The summed E-state index contributed by atoms with van der Waals surface area (Å²) in [4.78, 5) is 2.30. The summed E-state index contributed by atoms with van der Waals surface area (Å²) in [5, 5.41) is 10.5. The van der Waals surface area contributed by atoms with Crippen LogP contribution in [-0.2, 0) is 6.42 Å². The highest BCUT2D eigenvalue weighted by Gasteiger charge is 2.29. The van der Waals surface area contributed by atoms with E-state index in [0.717, 1.165) is 30.8 Å². The van der Waals surface area contributed by atoms with Gasteiger partial charge in [-0.1, -0.05) is 41.9 Å².